The van der Waals surface area contributed by atoms with E-state index >= 15 is 0 Å². The van der Waals surface area contributed by atoms with Gasteiger partial charge in [0.05, 0.1) is 5.41 Å². The van der Waals surface area contributed by atoms with Crippen LogP contribution in [0.2, 0.25) is 0 Å². The molecule has 4 nitrogen and oxygen atoms in total. The van der Waals surface area contributed by atoms with Gasteiger partial charge in [0.15, 0.2) is 0 Å². The SMILES string of the molecule is CCCC(CC)NC(=O)CC(C)(C(=O)O)c1ccccc1. The molecule has 4 heteroatoms. The van der Waals surface area contributed by atoms with E-state index in [2.05, 4.69) is 12.2 Å². The molecule has 2 N–H and O–H groups in total. The Labute approximate surface area is 126 Å². The first kappa shape index (κ1) is 17.2. The van der Waals surface area contributed by atoms with Crippen LogP contribution in [0.4, 0.5) is 0 Å². The van der Waals surface area contributed by atoms with Gasteiger partial charge in [0.1, 0.15) is 0 Å². The molecule has 0 radical (unpaired) electrons. The first-order valence-corrected chi connectivity index (χ1v) is 7.52. The molecular formula is C17H25NO3. The fourth-order valence-corrected chi connectivity index (χ4v) is 2.43. The highest BCUT2D eigenvalue weighted by atomic mass is 16.4. The number of hydrogen-bond donors (Lipinski definition) is 2. The number of carbonyl (C=O) groups excluding carboxylic acids is 1. The Hall–Kier alpha value is -1.84. The van der Waals surface area contributed by atoms with Crippen LogP contribution in [0.15, 0.2) is 30.3 Å². The summed E-state index contributed by atoms with van der Waals surface area (Å²) in [7, 11) is 0. The number of amides is 1. The first-order chi connectivity index (χ1) is 9.93. The number of hydrogen-bond acceptors (Lipinski definition) is 2. The Morgan fingerprint density at radius 2 is 1.86 bits per heavy atom. The van der Waals surface area contributed by atoms with E-state index in [1.807, 2.05) is 13.0 Å². The summed E-state index contributed by atoms with van der Waals surface area (Å²) in [6.45, 7) is 5.69. The van der Waals surface area contributed by atoms with Crippen molar-refractivity contribution in [3.05, 3.63) is 35.9 Å². The van der Waals surface area contributed by atoms with Crippen LogP contribution >= 0.6 is 0 Å². The van der Waals surface area contributed by atoms with Crippen LogP contribution in [-0.2, 0) is 15.0 Å². The molecule has 1 aromatic rings. The molecule has 116 valence electrons. The molecule has 0 aliphatic rings. The van der Waals surface area contributed by atoms with Crippen molar-refractivity contribution in [3.63, 3.8) is 0 Å². The van der Waals surface area contributed by atoms with E-state index in [0.29, 0.717) is 5.56 Å². The van der Waals surface area contributed by atoms with Gasteiger partial charge in [0.25, 0.3) is 0 Å². The van der Waals surface area contributed by atoms with Crippen LogP contribution < -0.4 is 5.32 Å². The lowest BCUT2D eigenvalue weighted by atomic mass is 9.79. The quantitative estimate of drug-likeness (QED) is 0.773. The second kappa shape index (κ2) is 7.81. The molecule has 1 rings (SSSR count). The predicted octanol–water partition coefficient (Wildman–Crippen LogP) is 3.11. The summed E-state index contributed by atoms with van der Waals surface area (Å²) in [5.74, 6) is -1.18. The fourth-order valence-electron chi connectivity index (χ4n) is 2.43. The molecular weight excluding hydrogens is 266 g/mol. The van der Waals surface area contributed by atoms with Gasteiger partial charge >= 0.3 is 5.97 Å². The molecule has 0 fully saturated rings. The minimum atomic E-state index is -1.20. The normalized spacial score (nSPS) is 15.0. The summed E-state index contributed by atoms with van der Waals surface area (Å²) in [6.07, 6.45) is 2.71. The number of aliphatic carboxylic acids is 1. The molecule has 0 spiro atoms. The molecule has 0 heterocycles. The number of rotatable bonds is 8. The molecule has 0 saturated heterocycles. The van der Waals surface area contributed by atoms with Crippen molar-refractivity contribution in [3.8, 4) is 0 Å². The zero-order chi connectivity index (χ0) is 15.9. The summed E-state index contributed by atoms with van der Waals surface area (Å²) >= 11 is 0. The summed E-state index contributed by atoms with van der Waals surface area (Å²) in [6, 6.07) is 9.05. The van der Waals surface area contributed by atoms with Gasteiger partial charge in [-0.1, -0.05) is 50.6 Å². The van der Waals surface area contributed by atoms with Crippen molar-refractivity contribution in [2.24, 2.45) is 0 Å². The Morgan fingerprint density at radius 1 is 1.24 bits per heavy atom. The van der Waals surface area contributed by atoms with Crippen molar-refractivity contribution in [1.82, 2.24) is 5.32 Å². The average molecular weight is 291 g/mol. The van der Waals surface area contributed by atoms with Crippen molar-refractivity contribution < 1.29 is 14.7 Å². The highest BCUT2D eigenvalue weighted by Gasteiger charge is 2.37. The van der Waals surface area contributed by atoms with Crippen molar-refractivity contribution in [1.29, 1.82) is 0 Å². The lowest BCUT2D eigenvalue weighted by Gasteiger charge is -2.26. The Bertz CT molecular complexity index is 472. The highest BCUT2D eigenvalue weighted by molar-refractivity contribution is 5.89. The maximum Gasteiger partial charge on any atom is 0.314 e. The summed E-state index contributed by atoms with van der Waals surface area (Å²) in [5, 5.41) is 12.5. The van der Waals surface area contributed by atoms with E-state index in [0.717, 1.165) is 19.3 Å². The second-order valence-corrected chi connectivity index (χ2v) is 5.64. The third-order valence-electron chi connectivity index (χ3n) is 3.89. The zero-order valence-corrected chi connectivity index (χ0v) is 13.1. The van der Waals surface area contributed by atoms with Crippen LogP contribution in [0.25, 0.3) is 0 Å². The van der Waals surface area contributed by atoms with Gasteiger partial charge in [-0.3, -0.25) is 9.59 Å². The van der Waals surface area contributed by atoms with Gasteiger partial charge in [-0.2, -0.15) is 0 Å². The van der Waals surface area contributed by atoms with Crippen LogP contribution in [0.1, 0.15) is 52.0 Å². The van der Waals surface area contributed by atoms with E-state index in [1.165, 1.54) is 0 Å². The highest BCUT2D eigenvalue weighted by Crippen LogP contribution is 2.28. The zero-order valence-electron chi connectivity index (χ0n) is 13.1. The van der Waals surface area contributed by atoms with Gasteiger partial charge in [-0.25, -0.2) is 0 Å². The maximum absolute atomic E-state index is 12.2. The standard InChI is InChI=1S/C17H25NO3/c1-4-9-14(5-2)18-15(19)12-17(3,16(20)21)13-10-7-6-8-11-13/h6-8,10-11,14H,4-5,9,12H2,1-3H3,(H,18,19)(H,20,21). The lowest BCUT2D eigenvalue weighted by Crippen LogP contribution is -2.42. The van der Waals surface area contributed by atoms with Crippen LogP contribution in [0.5, 0.6) is 0 Å². The van der Waals surface area contributed by atoms with Gasteiger partial charge in [0.2, 0.25) is 5.91 Å². The number of benzene rings is 1. The minimum absolute atomic E-state index is 0.0490. The number of nitrogens with one attached hydrogen (secondary N) is 1. The topological polar surface area (TPSA) is 66.4 Å². The van der Waals surface area contributed by atoms with E-state index in [4.69, 9.17) is 0 Å². The Morgan fingerprint density at radius 3 is 2.33 bits per heavy atom. The molecule has 0 aromatic heterocycles. The van der Waals surface area contributed by atoms with Crippen molar-refractivity contribution >= 4 is 11.9 Å². The Kier molecular flexibility index (Phi) is 6.40. The van der Waals surface area contributed by atoms with Gasteiger partial charge in [-0.05, 0) is 25.3 Å². The smallest absolute Gasteiger partial charge is 0.314 e. The van der Waals surface area contributed by atoms with Gasteiger partial charge in [-0.15, -0.1) is 0 Å². The molecule has 2 unspecified atom stereocenters. The monoisotopic (exact) mass is 291 g/mol. The Balaban J connectivity index is 2.84. The van der Waals surface area contributed by atoms with E-state index in [1.54, 1.807) is 31.2 Å². The van der Waals surface area contributed by atoms with E-state index in [9.17, 15) is 14.7 Å². The molecule has 0 saturated carbocycles. The maximum atomic E-state index is 12.2. The van der Waals surface area contributed by atoms with Gasteiger partial charge < -0.3 is 10.4 Å². The van der Waals surface area contributed by atoms with Crippen LogP contribution in [0.3, 0.4) is 0 Å². The predicted molar refractivity (Wildman–Crippen MR) is 83.2 cm³/mol. The van der Waals surface area contributed by atoms with E-state index < -0.39 is 11.4 Å². The van der Waals surface area contributed by atoms with Crippen LogP contribution in [0, 0.1) is 0 Å². The second-order valence-electron chi connectivity index (χ2n) is 5.64. The molecule has 1 aromatic carbocycles. The largest absolute Gasteiger partial charge is 0.481 e. The average Bonchev–Trinajstić information content (AvgIpc) is 2.47. The number of carboxylic acids is 1. The molecule has 0 aliphatic carbocycles. The molecule has 0 bridgehead atoms. The molecule has 2 atom stereocenters. The van der Waals surface area contributed by atoms with E-state index in [-0.39, 0.29) is 18.4 Å². The van der Waals surface area contributed by atoms with Crippen molar-refractivity contribution in [2.45, 2.75) is 57.9 Å². The fraction of sp³-hybridized carbons (Fsp3) is 0.529. The summed E-state index contributed by atoms with van der Waals surface area (Å²) < 4.78 is 0. The van der Waals surface area contributed by atoms with Gasteiger partial charge in [0, 0.05) is 12.5 Å². The van der Waals surface area contributed by atoms with Crippen molar-refractivity contribution in [2.75, 3.05) is 0 Å². The molecule has 1 amide bonds. The molecule has 21 heavy (non-hydrogen) atoms. The third kappa shape index (κ3) is 4.59. The number of carboxylic acid groups (broad SMARTS) is 1. The lowest BCUT2D eigenvalue weighted by molar-refractivity contribution is -0.145. The summed E-state index contributed by atoms with van der Waals surface area (Å²) in [5.41, 5.74) is -0.549. The third-order valence-corrected chi connectivity index (χ3v) is 3.89. The minimum Gasteiger partial charge on any atom is -0.481 e. The summed E-state index contributed by atoms with van der Waals surface area (Å²) in [4.78, 5) is 23.9. The molecule has 0 aliphatic heterocycles. The first-order valence-electron chi connectivity index (χ1n) is 7.52. The number of carbonyl (C=O) groups is 2. The van der Waals surface area contributed by atoms with Crippen LogP contribution in [-0.4, -0.2) is 23.0 Å².